The van der Waals surface area contributed by atoms with Crippen molar-refractivity contribution < 1.29 is 4.79 Å². The molecular weight excluding hydrogens is 224 g/mol. The van der Waals surface area contributed by atoms with E-state index in [1.807, 2.05) is 31.3 Å². The van der Waals surface area contributed by atoms with E-state index in [0.29, 0.717) is 6.54 Å². The summed E-state index contributed by atoms with van der Waals surface area (Å²) in [4.78, 5) is 14.1. The SMILES string of the molecule is Cc1cc2n(c1C)-c1ccccc1C(=O)N(C)C2. The normalized spacial score (nSPS) is 14.2. The molecule has 3 nitrogen and oxygen atoms in total. The number of nitrogens with zero attached hydrogens (tertiary/aromatic N) is 2. The number of aromatic nitrogens is 1. The minimum atomic E-state index is 0.0892. The largest absolute Gasteiger partial charge is 0.336 e. The maximum atomic E-state index is 12.3. The number of carbonyl (C=O) groups is 1. The van der Waals surface area contributed by atoms with Crippen molar-refractivity contribution in [3.8, 4) is 5.69 Å². The van der Waals surface area contributed by atoms with E-state index in [9.17, 15) is 4.79 Å². The van der Waals surface area contributed by atoms with Crippen LogP contribution in [0.5, 0.6) is 0 Å². The maximum absolute atomic E-state index is 12.3. The molecule has 1 aliphatic heterocycles. The summed E-state index contributed by atoms with van der Waals surface area (Å²) in [5.41, 5.74) is 5.42. The van der Waals surface area contributed by atoms with Crippen LogP contribution in [0, 0.1) is 13.8 Å². The Bertz CT molecular complexity index is 640. The van der Waals surface area contributed by atoms with E-state index in [0.717, 1.165) is 11.3 Å². The van der Waals surface area contributed by atoms with Crippen molar-refractivity contribution >= 4 is 5.91 Å². The lowest BCUT2D eigenvalue weighted by Gasteiger charge is -2.13. The van der Waals surface area contributed by atoms with Gasteiger partial charge in [0.1, 0.15) is 0 Å². The highest BCUT2D eigenvalue weighted by Gasteiger charge is 2.24. The summed E-state index contributed by atoms with van der Waals surface area (Å²) < 4.78 is 2.20. The van der Waals surface area contributed by atoms with Crippen LogP contribution in [0.15, 0.2) is 30.3 Å². The quantitative estimate of drug-likeness (QED) is 0.695. The van der Waals surface area contributed by atoms with Crippen molar-refractivity contribution in [2.45, 2.75) is 20.4 Å². The van der Waals surface area contributed by atoms with Crippen LogP contribution in [0.25, 0.3) is 5.69 Å². The van der Waals surface area contributed by atoms with Crippen molar-refractivity contribution in [3.05, 3.63) is 52.8 Å². The molecule has 0 N–H and O–H groups in total. The fourth-order valence-electron chi connectivity index (χ4n) is 2.63. The molecule has 1 aliphatic rings. The van der Waals surface area contributed by atoms with Gasteiger partial charge >= 0.3 is 0 Å². The molecule has 0 radical (unpaired) electrons. The molecule has 1 amide bonds. The molecular formula is C15H16N2O. The highest BCUT2D eigenvalue weighted by Crippen LogP contribution is 2.28. The van der Waals surface area contributed by atoms with Crippen molar-refractivity contribution in [3.63, 3.8) is 0 Å². The lowest BCUT2D eigenvalue weighted by Crippen LogP contribution is -2.24. The Balaban J connectivity index is 2.37. The average Bonchev–Trinajstić information content (AvgIpc) is 2.58. The van der Waals surface area contributed by atoms with Gasteiger partial charge in [0.2, 0.25) is 0 Å². The molecule has 3 rings (SSSR count). The summed E-state index contributed by atoms with van der Waals surface area (Å²) >= 11 is 0. The Morgan fingerprint density at radius 3 is 2.67 bits per heavy atom. The minimum absolute atomic E-state index is 0.0892. The average molecular weight is 240 g/mol. The second-order valence-electron chi connectivity index (χ2n) is 4.92. The predicted octanol–water partition coefficient (Wildman–Crippen LogP) is 2.68. The van der Waals surface area contributed by atoms with Gasteiger partial charge in [-0.2, -0.15) is 0 Å². The third-order valence-electron chi connectivity index (χ3n) is 3.70. The van der Waals surface area contributed by atoms with Gasteiger partial charge in [-0.3, -0.25) is 4.79 Å². The number of fused-ring (bicyclic) bond motifs is 3. The first kappa shape index (κ1) is 11.1. The summed E-state index contributed by atoms with van der Waals surface area (Å²) in [5, 5.41) is 0. The van der Waals surface area contributed by atoms with E-state index < -0.39 is 0 Å². The van der Waals surface area contributed by atoms with Crippen LogP contribution in [0.2, 0.25) is 0 Å². The Kier molecular flexibility index (Phi) is 2.30. The zero-order valence-electron chi connectivity index (χ0n) is 10.9. The summed E-state index contributed by atoms with van der Waals surface area (Å²) in [6.45, 7) is 4.87. The minimum Gasteiger partial charge on any atom is -0.336 e. The van der Waals surface area contributed by atoms with E-state index in [1.54, 1.807) is 4.90 Å². The van der Waals surface area contributed by atoms with Gasteiger partial charge in [-0.1, -0.05) is 12.1 Å². The van der Waals surface area contributed by atoms with Crippen molar-refractivity contribution in [1.82, 2.24) is 9.47 Å². The van der Waals surface area contributed by atoms with Crippen LogP contribution in [0.4, 0.5) is 0 Å². The number of carbonyl (C=O) groups excluding carboxylic acids is 1. The Hall–Kier alpha value is -2.03. The van der Waals surface area contributed by atoms with E-state index in [1.165, 1.54) is 17.0 Å². The molecule has 3 heteroatoms. The number of benzene rings is 1. The number of amides is 1. The van der Waals surface area contributed by atoms with Crippen molar-refractivity contribution in [2.75, 3.05) is 7.05 Å². The van der Waals surface area contributed by atoms with E-state index in [2.05, 4.69) is 24.5 Å². The Morgan fingerprint density at radius 2 is 1.89 bits per heavy atom. The number of hydrogen-bond donors (Lipinski definition) is 0. The van der Waals surface area contributed by atoms with Gasteiger partial charge in [0.15, 0.2) is 0 Å². The van der Waals surface area contributed by atoms with Crippen LogP contribution < -0.4 is 0 Å². The highest BCUT2D eigenvalue weighted by atomic mass is 16.2. The molecule has 92 valence electrons. The van der Waals surface area contributed by atoms with E-state index in [4.69, 9.17) is 0 Å². The van der Waals surface area contributed by atoms with Crippen LogP contribution in [-0.2, 0) is 6.54 Å². The zero-order valence-corrected chi connectivity index (χ0v) is 10.9. The first-order valence-corrected chi connectivity index (χ1v) is 6.12. The molecule has 0 spiro atoms. The fourth-order valence-corrected chi connectivity index (χ4v) is 2.63. The standard InChI is InChI=1S/C15H16N2O/c1-10-8-12-9-16(3)15(18)13-6-4-5-7-14(13)17(12)11(10)2/h4-8H,9H2,1-3H3. The Labute approximate surface area is 107 Å². The van der Waals surface area contributed by atoms with Crippen LogP contribution >= 0.6 is 0 Å². The molecule has 0 fully saturated rings. The number of para-hydroxylation sites is 1. The number of hydrogen-bond acceptors (Lipinski definition) is 1. The monoisotopic (exact) mass is 240 g/mol. The van der Waals surface area contributed by atoms with E-state index in [-0.39, 0.29) is 5.91 Å². The van der Waals surface area contributed by atoms with Gasteiger partial charge < -0.3 is 9.47 Å². The van der Waals surface area contributed by atoms with Gasteiger partial charge in [0.25, 0.3) is 5.91 Å². The first-order valence-electron chi connectivity index (χ1n) is 6.12. The molecule has 0 saturated heterocycles. The predicted molar refractivity (Wildman–Crippen MR) is 71.0 cm³/mol. The fraction of sp³-hybridized carbons (Fsp3) is 0.267. The van der Waals surface area contributed by atoms with Gasteiger partial charge in [0, 0.05) is 18.4 Å². The molecule has 0 aliphatic carbocycles. The van der Waals surface area contributed by atoms with Crippen LogP contribution in [0.1, 0.15) is 27.3 Å². The lowest BCUT2D eigenvalue weighted by atomic mass is 10.1. The van der Waals surface area contributed by atoms with Crippen LogP contribution in [0.3, 0.4) is 0 Å². The Morgan fingerprint density at radius 1 is 1.17 bits per heavy atom. The summed E-state index contributed by atoms with van der Waals surface area (Å²) in [7, 11) is 1.85. The molecule has 0 atom stereocenters. The number of aryl methyl sites for hydroxylation is 1. The van der Waals surface area contributed by atoms with Gasteiger partial charge in [0.05, 0.1) is 17.8 Å². The third-order valence-corrected chi connectivity index (χ3v) is 3.70. The van der Waals surface area contributed by atoms with Crippen LogP contribution in [-0.4, -0.2) is 22.4 Å². The summed E-state index contributed by atoms with van der Waals surface area (Å²) in [5.74, 6) is 0.0892. The van der Waals surface area contributed by atoms with Crippen molar-refractivity contribution in [1.29, 1.82) is 0 Å². The van der Waals surface area contributed by atoms with Gasteiger partial charge in [-0.25, -0.2) is 0 Å². The molecule has 2 heterocycles. The molecule has 0 saturated carbocycles. The number of rotatable bonds is 0. The highest BCUT2D eigenvalue weighted by molar-refractivity contribution is 5.98. The van der Waals surface area contributed by atoms with Gasteiger partial charge in [-0.15, -0.1) is 0 Å². The first-order chi connectivity index (χ1) is 8.59. The molecule has 18 heavy (non-hydrogen) atoms. The smallest absolute Gasteiger partial charge is 0.256 e. The molecule has 1 aromatic carbocycles. The molecule has 0 unspecified atom stereocenters. The second-order valence-corrected chi connectivity index (χ2v) is 4.92. The van der Waals surface area contributed by atoms with Gasteiger partial charge in [-0.05, 0) is 37.6 Å². The topological polar surface area (TPSA) is 25.2 Å². The van der Waals surface area contributed by atoms with E-state index >= 15 is 0 Å². The summed E-state index contributed by atoms with van der Waals surface area (Å²) in [6, 6.07) is 9.98. The lowest BCUT2D eigenvalue weighted by molar-refractivity contribution is 0.0788. The zero-order chi connectivity index (χ0) is 12.9. The molecule has 2 aromatic rings. The summed E-state index contributed by atoms with van der Waals surface area (Å²) in [6.07, 6.45) is 0. The second kappa shape index (κ2) is 3.73. The maximum Gasteiger partial charge on any atom is 0.256 e. The molecule has 1 aromatic heterocycles. The third kappa shape index (κ3) is 1.40. The molecule has 0 bridgehead atoms. The van der Waals surface area contributed by atoms with Crippen molar-refractivity contribution in [2.24, 2.45) is 0 Å².